The molecule has 8 rings (SSSR count). The van der Waals surface area contributed by atoms with Crippen LogP contribution in [0.1, 0.15) is 113 Å². The molecule has 14 N–H and O–H groups in total. The number of halogens is 3. The zero-order valence-corrected chi connectivity index (χ0v) is 71.5. The predicted octanol–water partition coefficient (Wildman–Crippen LogP) is 2.30. The fourth-order valence-corrected chi connectivity index (χ4v) is 15.9. The van der Waals surface area contributed by atoms with Gasteiger partial charge in [0, 0.05) is 95.8 Å². The van der Waals surface area contributed by atoms with Crippen molar-refractivity contribution in [3.8, 4) is 5.75 Å². The van der Waals surface area contributed by atoms with Gasteiger partial charge in [0.1, 0.15) is 78.7 Å². The lowest BCUT2D eigenvalue weighted by Gasteiger charge is -2.38. The second-order valence-corrected chi connectivity index (χ2v) is 32.7. The van der Waals surface area contributed by atoms with E-state index in [1.54, 1.807) is 105 Å². The highest BCUT2D eigenvalue weighted by Crippen LogP contribution is 2.28. The number of carbonyl (C=O) groups excluding carboxylic acids is 14. The molecule has 0 aliphatic carbocycles. The summed E-state index contributed by atoms with van der Waals surface area (Å²) >= 11 is 0.721. The summed E-state index contributed by atoms with van der Waals surface area (Å²) < 4.78 is 44.4. The number of aromatic nitrogens is 1. The Morgan fingerprint density at radius 3 is 1.62 bits per heavy atom. The Kier molecular flexibility index (Phi) is 37.3. The van der Waals surface area contributed by atoms with Crippen molar-refractivity contribution >= 4 is 118 Å². The number of nitrogens with two attached hydrogens (primary N) is 1. The number of phenolic OH excluding ortho intramolecular Hbond substituents is 1. The number of aliphatic hydroxyl groups is 1. The fraction of sp³-hybridized carbons (Fsp3) is 0.455. The first-order valence-corrected chi connectivity index (χ1v) is 42.6. The van der Waals surface area contributed by atoms with Crippen LogP contribution in [-0.2, 0) is 109 Å². The third-order valence-electron chi connectivity index (χ3n) is 22.2. The van der Waals surface area contributed by atoms with Crippen LogP contribution >= 0.6 is 11.8 Å². The zero-order valence-electron chi connectivity index (χ0n) is 70.7. The third kappa shape index (κ3) is 27.5. The summed E-state index contributed by atoms with van der Waals surface area (Å²) in [5.74, 6) is -20.3. The first-order chi connectivity index (χ1) is 60.1. The molecule has 6 aromatic rings. The number of amides is 12. The van der Waals surface area contributed by atoms with Gasteiger partial charge in [0.15, 0.2) is 17.5 Å². The number of hydrogen-bond donors (Lipinski definition) is 13. The monoisotopic (exact) mass is 1770 g/mol. The molecule has 678 valence electrons. The summed E-state index contributed by atoms with van der Waals surface area (Å²) in [5, 5.41) is 58.6. The molecule has 13 atom stereocenters. The first-order valence-electron chi connectivity index (χ1n) is 41.4. The van der Waals surface area contributed by atoms with Crippen LogP contribution in [0, 0.1) is 23.4 Å². The number of nitrogens with zero attached hydrogens (tertiary/aromatic N) is 5. The third-order valence-corrected chi connectivity index (χ3v) is 23.2. The van der Waals surface area contributed by atoms with Crippen LogP contribution < -0.4 is 43.0 Å². The molecule has 0 saturated carbocycles. The number of carboxylic acid groups (broad SMARTS) is 2. The van der Waals surface area contributed by atoms with Gasteiger partial charge < -0.3 is 102 Å². The average molecular weight is 1770 g/mol. The van der Waals surface area contributed by atoms with Gasteiger partial charge in [0.25, 0.3) is 0 Å². The van der Waals surface area contributed by atoms with Crippen LogP contribution in [0.2, 0.25) is 0 Å². The highest BCUT2D eigenvalue weighted by Gasteiger charge is 2.45. The molecule has 34 nitrogen and oxygen atoms in total. The van der Waals surface area contributed by atoms with Crippen molar-refractivity contribution in [1.29, 1.82) is 0 Å². The highest BCUT2D eigenvalue weighted by atomic mass is 32.2. The number of para-hydroxylation sites is 1. The van der Waals surface area contributed by atoms with Gasteiger partial charge in [0.05, 0.1) is 36.7 Å². The Bertz CT molecular complexity index is 4840. The number of likely N-dealkylation sites (N-methyl/N-ethyl adjacent to an activating group) is 3. The van der Waals surface area contributed by atoms with Gasteiger partial charge in [-0.15, -0.1) is 11.8 Å². The molecule has 5 aromatic carbocycles. The minimum atomic E-state index is -1.84. The van der Waals surface area contributed by atoms with Crippen LogP contribution in [0.4, 0.5) is 13.2 Å². The number of aliphatic hydroxyl groups excluding tert-OH is 1. The molecule has 0 spiro atoms. The summed E-state index contributed by atoms with van der Waals surface area (Å²) in [7, 11) is 3.90. The number of hydrogen-bond acceptors (Lipinski definition) is 20. The van der Waals surface area contributed by atoms with Gasteiger partial charge in [-0.1, -0.05) is 125 Å². The maximum Gasteiger partial charge on any atom is 0.305 e. The molecule has 126 heavy (non-hydrogen) atoms. The SMILES string of the molecule is CCCC[C@@H](C(=O)N1CCC[C@@H]1C(=O)N[C@H](C=O)CC(=O)O)N(C)C(=O)[C@H](Cc1ccccc1)N(C)C(=O)[C@H](Cc1cc(F)c(F)c(F)c1)NC(=O)CSC[C@@H](C=O)NC(=O)[C@H](CCO)NC(=O)[C@H](Cc1ccc(O)cc1)NC(=O)[C@H](Cc1c[nH]c2ccccc12)NC(=O)[C@H]1CCCN1C(=O)[C@H](CC(=O)O)NC(=O)[C@H](Cc1ccccc1)N(C)C(=O)[C@@H](N)C(C)C. The molecule has 3 heterocycles. The first kappa shape index (κ1) is 98.9. The summed E-state index contributed by atoms with van der Waals surface area (Å²) in [6, 6.07) is 11.4. The van der Waals surface area contributed by atoms with Crippen molar-refractivity contribution in [2.45, 2.75) is 196 Å². The second-order valence-electron chi connectivity index (χ2n) is 31.7. The Hall–Kier alpha value is -12.6. The lowest BCUT2D eigenvalue weighted by molar-refractivity contribution is -0.152. The molecular weight excluding hydrogens is 1660 g/mol. The fourth-order valence-electron chi connectivity index (χ4n) is 15.1. The van der Waals surface area contributed by atoms with Crippen molar-refractivity contribution in [3.63, 3.8) is 0 Å². The zero-order chi connectivity index (χ0) is 92.2. The van der Waals surface area contributed by atoms with E-state index < -0.39 is 223 Å². The van der Waals surface area contributed by atoms with Crippen molar-refractivity contribution in [3.05, 3.63) is 173 Å². The number of aromatic hydroxyl groups is 1. The number of phenols is 1. The number of H-pyrrole nitrogens is 1. The molecule has 0 bridgehead atoms. The molecule has 38 heteroatoms. The summed E-state index contributed by atoms with van der Waals surface area (Å²) in [6.07, 6.45) is -0.106. The Balaban J connectivity index is 0.988. The molecular formula is C88H109F3N14O20S. The quantitative estimate of drug-likeness (QED) is 0.0192. The predicted molar refractivity (Wildman–Crippen MR) is 455 cm³/mol. The van der Waals surface area contributed by atoms with E-state index in [1.807, 2.05) is 6.92 Å². The largest absolute Gasteiger partial charge is 0.508 e. The molecule has 2 aliphatic heterocycles. The number of carboxylic acids is 2. The van der Waals surface area contributed by atoms with E-state index in [0.29, 0.717) is 64.6 Å². The number of fused-ring (bicyclic) bond motifs is 1. The van der Waals surface area contributed by atoms with Crippen LogP contribution in [-0.4, -0.2) is 276 Å². The van der Waals surface area contributed by atoms with Gasteiger partial charge in [-0.3, -0.25) is 67.1 Å². The van der Waals surface area contributed by atoms with Crippen LogP contribution in [0.5, 0.6) is 5.75 Å². The van der Waals surface area contributed by atoms with Gasteiger partial charge in [-0.05, 0) is 103 Å². The van der Waals surface area contributed by atoms with Crippen LogP contribution in [0.15, 0.2) is 128 Å². The Labute approximate surface area is 729 Å². The summed E-state index contributed by atoms with van der Waals surface area (Å²) in [6.45, 7) is 4.44. The van der Waals surface area contributed by atoms with Crippen LogP contribution in [0.3, 0.4) is 0 Å². The van der Waals surface area contributed by atoms with Gasteiger partial charge in [-0.2, -0.15) is 0 Å². The van der Waals surface area contributed by atoms with Crippen molar-refractivity contribution in [2.24, 2.45) is 11.7 Å². The van der Waals surface area contributed by atoms with Crippen LogP contribution in [0.25, 0.3) is 10.9 Å². The van der Waals surface area contributed by atoms with E-state index in [1.165, 1.54) is 50.3 Å². The van der Waals surface area contributed by atoms with Crippen molar-refractivity contribution in [1.82, 2.24) is 66.7 Å². The Morgan fingerprint density at radius 2 is 1.05 bits per heavy atom. The van der Waals surface area contributed by atoms with E-state index in [0.717, 1.165) is 31.4 Å². The highest BCUT2D eigenvalue weighted by molar-refractivity contribution is 8.00. The van der Waals surface area contributed by atoms with E-state index >= 15 is 14.4 Å². The van der Waals surface area contributed by atoms with Crippen molar-refractivity contribution in [2.75, 3.05) is 52.3 Å². The molecule has 0 unspecified atom stereocenters. The van der Waals surface area contributed by atoms with Gasteiger partial charge in [-0.25, -0.2) is 13.2 Å². The molecule has 1 aromatic heterocycles. The van der Waals surface area contributed by atoms with Gasteiger partial charge >= 0.3 is 11.9 Å². The standard InChI is InChI=1S/C88H109F3N14O20S/c1-7-8-25-70(87(124)105-34-18-26-68(105)81(118)94-56(46-107)43-74(111)112)101(4)86(123)72(41-52-21-13-10-14-22-52)103(6)84(121)66(39-54-36-60(89)76(91)61(90)37-54)96-73(110)49-126-48-57(47-108)95-78(115)63(32-35-106)97-79(116)64(38-53-28-30-58(109)31-29-53)98-80(117)65(42-55-45-93-62-24-16-15-23-59(55)62)99-82(119)69-27-17-33-104(69)85(122)67(44-75(113)114)100-83(120)71(40-51-19-11-9-12-20-51)102(5)88(125)77(92)50(2)3/h9-16,19-24,28-31,36-37,45-47,50,56-57,63-72,77,93,106,109H,7-8,17-18,25-27,32-35,38-44,48-49,92H2,1-6H3,(H,94,118)(H,95,115)(H,96,110)(H,97,116)(H,98,117)(H,99,119)(H,100,120)(H,111,112)(H,113,114)/t56-,57+,63-,64-,65-,66-,67-,68+,69+,70-,71-,72-,77-/m0/s1. The van der Waals surface area contributed by atoms with Gasteiger partial charge in [0.2, 0.25) is 70.9 Å². The maximum absolute atomic E-state index is 15.2. The molecule has 0 radical (unpaired) electrons. The number of aldehydes is 2. The number of nitrogens with one attached hydrogen (secondary N) is 8. The summed E-state index contributed by atoms with van der Waals surface area (Å²) in [5.41, 5.74) is 8.50. The van der Waals surface area contributed by atoms with Crippen molar-refractivity contribution < 1.29 is 110 Å². The smallest absolute Gasteiger partial charge is 0.305 e. The summed E-state index contributed by atoms with van der Waals surface area (Å²) in [4.78, 5) is 233. The van der Waals surface area contributed by atoms with E-state index in [4.69, 9.17) is 5.73 Å². The number of carbonyl (C=O) groups is 16. The molecule has 2 fully saturated rings. The lowest BCUT2D eigenvalue weighted by Crippen LogP contribution is -2.61. The molecule has 12 amide bonds. The number of thioether (sulfide) groups is 1. The number of benzene rings is 5. The lowest BCUT2D eigenvalue weighted by atomic mass is 9.99. The average Bonchev–Trinajstić information content (AvgIpc) is 1.46. The second kappa shape index (κ2) is 47.5. The number of rotatable bonds is 47. The molecule has 2 aliphatic rings. The van der Waals surface area contributed by atoms with E-state index in [2.05, 4.69) is 42.2 Å². The minimum absolute atomic E-state index is 0.0129. The topological polar surface area (TPSA) is 496 Å². The van der Waals surface area contributed by atoms with E-state index in [9.17, 15) is 95.9 Å². The normalized spacial score (nSPS) is 16.3. The molecule has 2 saturated heterocycles. The number of aliphatic carboxylic acids is 2. The van der Waals surface area contributed by atoms with E-state index in [-0.39, 0.29) is 94.3 Å². The number of aromatic amines is 1. The Morgan fingerprint density at radius 1 is 0.540 bits per heavy atom. The minimum Gasteiger partial charge on any atom is -0.508 e. The number of likely N-dealkylation sites (tertiary alicyclic amines) is 2. The maximum atomic E-state index is 15.2. The number of unbranched alkanes of at least 4 members (excludes halogenated alkanes) is 1.